The lowest BCUT2D eigenvalue weighted by atomic mass is 10.0. The molecule has 0 unspecified atom stereocenters. The molecule has 0 aromatic heterocycles. The van der Waals surface area contributed by atoms with Crippen molar-refractivity contribution in [3.63, 3.8) is 0 Å². The van der Waals surface area contributed by atoms with Gasteiger partial charge in [-0.1, -0.05) is 25.0 Å². The molecular formula is C28H34FN3O3. The maximum absolute atomic E-state index is 14.5. The molecule has 1 aliphatic heterocycles. The van der Waals surface area contributed by atoms with E-state index in [1.807, 2.05) is 11.8 Å². The number of ketones is 1. The molecule has 0 radical (unpaired) electrons. The number of hydrogen-bond donors (Lipinski definition) is 1. The molecule has 4 rings (SSSR count). The number of rotatable bonds is 6. The summed E-state index contributed by atoms with van der Waals surface area (Å²) in [5.74, 6) is -0.461. The van der Waals surface area contributed by atoms with E-state index < -0.39 is 5.82 Å². The Balaban J connectivity index is 1.44. The van der Waals surface area contributed by atoms with Crippen LogP contribution in [0.3, 0.4) is 0 Å². The Morgan fingerprint density at radius 3 is 2.46 bits per heavy atom. The van der Waals surface area contributed by atoms with Crippen molar-refractivity contribution in [3.8, 4) is 0 Å². The molecular weight excluding hydrogens is 445 g/mol. The van der Waals surface area contributed by atoms with Crippen LogP contribution in [0.15, 0.2) is 36.4 Å². The highest BCUT2D eigenvalue weighted by Gasteiger charge is 2.33. The van der Waals surface area contributed by atoms with E-state index in [0.717, 1.165) is 49.9 Å². The van der Waals surface area contributed by atoms with E-state index in [4.69, 9.17) is 0 Å². The first-order valence-corrected chi connectivity index (χ1v) is 12.5. The van der Waals surface area contributed by atoms with Gasteiger partial charge in [-0.05, 0) is 69.0 Å². The highest BCUT2D eigenvalue weighted by atomic mass is 19.1. The van der Waals surface area contributed by atoms with Gasteiger partial charge in [0.05, 0.1) is 0 Å². The Morgan fingerprint density at radius 1 is 1.06 bits per heavy atom. The molecule has 2 aromatic rings. The number of carbonyl (C=O) groups excluding carboxylic acids is 3. The van der Waals surface area contributed by atoms with Crippen LogP contribution in [0.25, 0.3) is 0 Å². The molecule has 1 saturated heterocycles. The van der Waals surface area contributed by atoms with Crippen LogP contribution < -0.4 is 5.32 Å². The topological polar surface area (TPSA) is 69.7 Å². The fourth-order valence-corrected chi connectivity index (χ4v) is 5.26. The summed E-state index contributed by atoms with van der Waals surface area (Å²) in [4.78, 5) is 41.6. The van der Waals surface area contributed by atoms with Gasteiger partial charge in [0.25, 0.3) is 5.91 Å². The van der Waals surface area contributed by atoms with E-state index in [1.54, 1.807) is 24.3 Å². The predicted molar refractivity (Wildman–Crippen MR) is 134 cm³/mol. The molecule has 1 N–H and O–H groups in total. The van der Waals surface area contributed by atoms with E-state index in [1.165, 1.54) is 19.1 Å². The van der Waals surface area contributed by atoms with Gasteiger partial charge in [-0.3, -0.25) is 19.3 Å². The van der Waals surface area contributed by atoms with Crippen molar-refractivity contribution >= 4 is 23.3 Å². The summed E-state index contributed by atoms with van der Waals surface area (Å²) in [5, 5.41) is 2.81. The Hall–Kier alpha value is -3.06. The molecule has 35 heavy (non-hydrogen) atoms. The summed E-state index contributed by atoms with van der Waals surface area (Å²) in [5.41, 5.74) is 2.83. The summed E-state index contributed by atoms with van der Waals surface area (Å²) >= 11 is 0. The first kappa shape index (κ1) is 25.0. The van der Waals surface area contributed by atoms with Gasteiger partial charge in [0.15, 0.2) is 5.78 Å². The normalized spacial score (nSPS) is 19.1. The number of nitrogens with one attached hydrogen (secondary N) is 1. The van der Waals surface area contributed by atoms with Gasteiger partial charge >= 0.3 is 0 Å². The zero-order valence-corrected chi connectivity index (χ0v) is 20.8. The number of amides is 2. The third kappa shape index (κ3) is 5.78. The van der Waals surface area contributed by atoms with Crippen LogP contribution in [-0.4, -0.2) is 53.1 Å². The average molecular weight is 480 g/mol. The minimum absolute atomic E-state index is 0.110. The second-order valence-electron chi connectivity index (χ2n) is 9.93. The number of anilines is 1. The highest BCUT2D eigenvalue weighted by molar-refractivity contribution is 6.06. The molecule has 1 atom stereocenters. The summed E-state index contributed by atoms with van der Waals surface area (Å²) in [6, 6.07) is 9.44. The minimum atomic E-state index is -0.415. The SMILES string of the molecule is CC(=O)c1cccc(C(=O)Nc2cc(F)cc(CN3CCN(C(=O)C4CCCC4)[C@@H](C)C3)c2C)c1. The number of carbonyl (C=O) groups is 3. The average Bonchev–Trinajstić information content (AvgIpc) is 3.37. The van der Waals surface area contributed by atoms with Crippen LogP contribution >= 0.6 is 0 Å². The van der Waals surface area contributed by atoms with Gasteiger partial charge in [0, 0.05) is 55.0 Å². The molecule has 6 nitrogen and oxygen atoms in total. The third-order valence-corrected chi connectivity index (χ3v) is 7.35. The largest absolute Gasteiger partial charge is 0.337 e. The Labute approximate surface area is 206 Å². The van der Waals surface area contributed by atoms with Crippen LogP contribution in [0, 0.1) is 18.7 Å². The first-order chi connectivity index (χ1) is 16.7. The summed E-state index contributed by atoms with van der Waals surface area (Å²) in [6.07, 6.45) is 4.29. The van der Waals surface area contributed by atoms with Crippen LogP contribution in [0.5, 0.6) is 0 Å². The first-order valence-electron chi connectivity index (χ1n) is 12.5. The Bertz CT molecular complexity index is 1130. The van der Waals surface area contributed by atoms with Gasteiger partial charge in [-0.15, -0.1) is 0 Å². The molecule has 1 heterocycles. The Morgan fingerprint density at radius 2 is 1.77 bits per heavy atom. The van der Waals surface area contributed by atoms with E-state index in [0.29, 0.717) is 29.9 Å². The quantitative estimate of drug-likeness (QED) is 0.604. The number of halogens is 1. The summed E-state index contributed by atoms with van der Waals surface area (Å²) in [7, 11) is 0. The van der Waals surface area contributed by atoms with Crippen molar-refractivity contribution in [1.29, 1.82) is 0 Å². The monoisotopic (exact) mass is 479 g/mol. The predicted octanol–water partition coefficient (Wildman–Crippen LogP) is 4.81. The van der Waals surface area contributed by atoms with Crippen LogP contribution in [0.4, 0.5) is 10.1 Å². The van der Waals surface area contributed by atoms with E-state index in [-0.39, 0.29) is 29.6 Å². The van der Waals surface area contributed by atoms with Crippen LogP contribution in [0.1, 0.15) is 71.4 Å². The molecule has 1 saturated carbocycles. The number of Topliss-reactive ketones (excluding diaryl/α,β-unsaturated/α-hetero) is 1. The van der Waals surface area contributed by atoms with Crippen molar-refractivity contribution in [2.75, 3.05) is 25.0 Å². The maximum Gasteiger partial charge on any atom is 0.255 e. The van der Waals surface area contributed by atoms with Crippen molar-refractivity contribution in [2.24, 2.45) is 5.92 Å². The summed E-state index contributed by atoms with van der Waals surface area (Å²) in [6.45, 7) is 8.10. The molecule has 7 heteroatoms. The molecule has 0 bridgehead atoms. The highest BCUT2D eigenvalue weighted by Crippen LogP contribution is 2.29. The van der Waals surface area contributed by atoms with E-state index in [2.05, 4.69) is 17.1 Å². The lowest BCUT2D eigenvalue weighted by molar-refractivity contribution is -0.140. The van der Waals surface area contributed by atoms with Crippen molar-refractivity contribution < 1.29 is 18.8 Å². The van der Waals surface area contributed by atoms with Gasteiger partial charge < -0.3 is 10.2 Å². The van der Waals surface area contributed by atoms with Crippen molar-refractivity contribution in [2.45, 2.75) is 59.0 Å². The van der Waals surface area contributed by atoms with Crippen LogP contribution in [0.2, 0.25) is 0 Å². The second kappa shape index (κ2) is 10.7. The zero-order valence-electron chi connectivity index (χ0n) is 20.8. The Kier molecular flexibility index (Phi) is 7.65. The number of nitrogens with zero attached hydrogens (tertiary/aromatic N) is 2. The fourth-order valence-electron chi connectivity index (χ4n) is 5.26. The van der Waals surface area contributed by atoms with Gasteiger partial charge in [0.1, 0.15) is 5.82 Å². The van der Waals surface area contributed by atoms with Gasteiger partial charge in [0.2, 0.25) is 5.91 Å². The second-order valence-corrected chi connectivity index (χ2v) is 9.93. The van der Waals surface area contributed by atoms with E-state index in [9.17, 15) is 18.8 Å². The zero-order chi connectivity index (χ0) is 25.1. The molecule has 2 aromatic carbocycles. The number of benzene rings is 2. The van der Waals surface area contributed by atoms with E-state index >= 15 is 0 Å². The van der Waals surface area contributed by atoms with Gasteiger partial charge in [-0.2, -0.15) is 0 Å². The number of hydrogen-bond acceptors (Lipinski definition) is 4. The standard InChI is InChI=1S/C28H34FN3O3/c1-18-16-31(11-12-32(18)28(35)21-7-4-5-8-21)17-24-14-25(29)15-26(19(24)2)30-27(34)23-10-6-9-22(13-23)20(3)33/h6,9-10,13-15,18,21H,4-5,7-8,11-12,16-17H2,1-3H3,(H,30,34)/t18-/m0/s1. The van der Waals surface area contributed by atoms with Gasteiger partial charge in [-0.25, -0.2) is 4.39 Å². The smallest absolute Gasteiger partial charge is 0.255 e. The van der Waals surface area contributed by atoms with Crippen LogP contribution in [-0.2, 0) is 11.3 Å². The lowest BCUT2D eigenvalue weighted by Gasteiger charge is -2.41. The van der Waals surface area contributed by atoms with Crippen molar-refractivity contribution in [3.05, 3.63) is 64.5 Å². The third-order valence-electron chi connectivity index (χ3n) is 7.35. The molecule has 2 amide bonds. The molecule has 186 valence electrons. The van der Waals surface area contributed by atoms with Crippen molar-refractivity contribution in [1.82, 2.24) is 9.80 Å². The molecule has 1 aliphatic carbocycles. The fraction of sp³-hybridized carbons (Fsp3) is 0.464. The maximum atomic E-state index is 14.5. The molecule has 2 aliphatic rings. The number of piperazine rings is 1. The molecule has 0 spiro atoms. The summed E-state index contributed by atoms with van der Waals surface area (Å²) < 4.78 is 14.5. The lowest BCUT2D eigenvalue weighted by Crippen LogP contribution is -2.54. The molecule has 2 fully saturated rings. The minimum Gasteiger partial charge on any atom is -0.337 e.